The number of rotatable bonds is 2. The van der Waals surface area contributed by atoms with Gasteiger partial charge >= 0.3 is 5.97 Å². The van der Waals surface area contributed by atoms with E-state index >= 15 is 0 Å². The molecule has 1 fully saturated rings. The van der Waals surface area contributed by atoms with Crippen LogP contribution in [0.4, 0.5) is 5.69 Å². The van der Waals surface area contributed by atoms with Crippen LogP contribution in [0.3, 0.4) is 0 Å². The number of halogens is 1. The van der Waals surface area contributed by atoms with E-state index in [0.29, 0.717) is 5.02 Å². The fourth-order valence-electron chi connectivity index (χ4n) is 3.19. The Morgan fingerprint density at radius 3 is 3.00 bits per heavy atom. The average Bonchev–Trinajstić information content (AvgIpc) is 2.45. The lowest BCUT2D eigenvalue weighted by Gasteiger charge is -2.39. The molecular formula is C16H17ClN2O2. The van der Waals surface area contributed by atoms with Crippen molar-refractivity contribution in [2.75, 3.05) is 11.4 Å². The van der Waals surface area contributed by atoms with Crippen molar-refractivity contribution in [3.05, 3.63) is 35.5 Å². The van der Waals surface area contributed by atoms with Crippen LogP contribution in [0.25, 0.3) is 10.9 Å². The van der Waals surface area contributed by atoms with Crippen LogP contribution < -0.4 is 4.90 Å². The predicted octanol–water partition coefficient (Wildman–Crippen LogP) is 3.58. The molecule has 1 aliphatic heterocycles. The van der Waals surface area contributed by atoms with Crippen molar-refractivity contribution in [2.24, 2.45) is 5.92 Å². The van der Waals surface area contributed by atoms with E-state index in [0.717, 1.165) is 36.0 Å². The normalized spacial score (nSPS) is 22.5. The molecule has 2 aromatic rings. The van der Waals surface area contributed by atoms with Gasteiger partial charge in [-0.25, -0.2) is 4.79 Å². The van der Waals surface area contributed by atoms with E-state index in [1.165, 1.54) is 0 Å². The third-order valence-corrected chi connectivity index (χ3v) is 4.41. The number of carboxylic acids is 1. The first kappa shape index (κ1) is 14.1. The number of piperidine rings is 1. The van der Waals surface area contributed by atoms with Crippen molar-refractivity contribution in [3.8, 4) is 0 Å². The number of carboxylic acid groups (broad SMARTS) is 1. The maximum Gasteiger partial charge on any atom is 0.326 e. The number of benzene rings is 1. The Labute approximate surface area is 128 Å². The monoisotopic (exact) mass is 304 g/mol. The molecule has 0 spiro atoms. The van der Waals surface area contributed by atoms with Gasteiger partial charge < -0.3 is 10.0 Å². The fraction of sp³-hybridized carbons (Fsp3) is 0.375. The minimum absolute atomic E-state index is 0.131. The van der Waals surface area contributed by atoms with Crippen molar-refractivity contribution in [3.63, 3.8) is 0 Å². The second kappa shape index (κ2) is 5.53. The Balaban J connectivity index is 2.12. The van der Waals surface area contributed by atoms with Crippen molar-refractivity contribution >= 4 is 34.2 Å². The van der Waals surface area contributed by atoms with E-state index in [4.69, 9.17) is 11.6 Å². The van der Waals surface area contributed by atoms with Crippen LogP contribution in [-0.2, 0) is 4.79 Å². The Morgan fingerprint density at radius 1 is 1.43 bits per heavy atom. The van der Waals surface area contributed by atoms with Crippen LogP contribution in [0.5, 0.6) is 0 Å². The molecule has 1 N–H and O–H groups in total. The molecule has 110 valence electrons. The van der Waals surface area contributed by atoms with Gasteiger partial charge in [-0.05, 0) is 43.0 Å². The summed E-state index contributed by atoms with van der Waals surface area (Å²) in [5, 5.41) is 11.2. The lowest BCUT2D eigenvalue weighted by Crippen LogP contribution is -2.49. The van der Waals surface area contributed by atoms with Crippen LogP contribution in [0, 0.1) is 5.92 Å². The molecule has 4 nitrogen and oxygen atoms in total. The second-order valence-electron chi connectivity index (χ2n) is 5.59. The lowest BCUT2D eigenvalue weighted by molar-refractivity contribution is -0.140. The zero-order valence-corrected chi connectivity index (χ0v) is 12.5. The second-order valence-corrected chi connectivity index (χ2v) is 6.02. The van der Waals surface area contributed by atoms with Crippen LogP contribution in [0.1, 0.15) is 19.8 Å². The maximum atomic E-state index is 11.7. The van der Waals surface area contributed by atoms with Gasteiger partial charge in [0.1, 0.15) is 6.04 Å². The Morgan fingerprint density at radius 2 is 2.24 bits per heavy atom. The fourth-order valence-corrected chi connectivity index (χ4v) is 3.36. The summed E-state index contributed by atoms with van der Waals surface area (Å²) in [6.45, 7) is 2.76. The summed E-state index contributed by atoms with van der Waals surface area (Å²) in [5.74, 6) is -0.632. The number of pyridine rings is 1. The van der Waals surface area contributed by atoms with E-state index in [-0.39, 0.29) is 5.92 Å². The number of aliphatic carboxylic acids is 1. The summed E-state index contributed by atoms with van der Waals surface area (Å²) in [6, 6.07) is 6.95. The Hall–Kier alpha value is -1.81. The van der Waals surface area contributed by atoms with Gasteiger partial charge in [-0.1, -0.05) is 18.5 Å². The van der Waals surface area contributed by atoms with Gasteiger partial charge in [0, 0.05) is 28.8 Å². The van der Waals surface area contributed by atoms with Gasteiger partial charge in [0.2, 0.25) is 0 Å². The van der Waals surface area contributed by atoms with E-state index in [1.807, 2.05) is 36.1 Å². The molecule has 2 unspecified atom stereocenters. The van der Waals surface area contributed by atoms with E-state index in [1.54, 1.807) is 6.20 Å². The number of carbonyl (C=O) groups is 1. The molecule has 0 saturated carbocycles. The molecule has 5 heteroatoms. The third kappa shape index (κ3) is 2.56. The van der Waals surface area contributed by atoms with E-state index < -0.39 is 12.0 Å². The third-order valence-electron chi connectivity index (χ3n) is 4.18. The molecule has 1 saturated heterocycles. The zero-order chi connectivity index (χ0) is 15.0. The smallest absolute Gasteiger partial charge is 0.326 e. The number of hydrogen-bond acceptors (Lipinski definition) is 3. The van der Waals surface area contributed by atoms with Crippen LogP contribution in [0.2, 0.25) is 5.02 Å². The summed E-state index contributed by atoms with van der Waals surface area (Å²) in [7, 11) is 0. The maximum absolute atomic E-state index is 11.7. The number of hydrogen-bond donors (Lipinski definition) is 1. The first-order valence-corrected chi connectivity index (χ1v) is 7.49. The molecule has 2 heterocycles. The number of fused-ring (bicyclic) bond motifs is 1. The van der Waals surface area contributed by atoms with Gasteiger partial charge in [0.15, 0.2) is 0 Å². The first-order chi connectivity index (χ1) is 10.1. The van der Waals surface area contributed by atoms with Gasteiger partial charge in [-0.3, -0.25) is 4.98 Å². The minimum Gasteiger partial charge on any atom is -0.480 e. The average molecular weight is 305 g/mol. The summed E-state index contributed by atoms with van der Waals surface area (Å²) < 4.78 is 0. The first-order valence-electron chi connectivity index (χ1n) is 7.11. The van der Waals surface area contributed by atoms with Crippen LogP contribution >= 0.6 is 11.6 Å². The predicted molar refractivity (Wildman–Crippen MR) is 83.9 cm³/mol. The topological polar surface area (TPSA) is 53.4 Å². The zero-order valence-electron chi connectivity index (χ0n) is 11.8. The van der Waals surface area contributed by atoms with Crippen LogP contribution in [-0.4, -0.2) is 28.6 Å². The van der Waals surface area contributed by atoms with Gasteiger partial charge in [-0.2, -0.15) is 0 Å². The molecule has 1 aliphatic rings. The molecule has 0 amide bonds. The molecule has 21 heavy (non-hydrogen) atoms. The van der Waals surface area contributed by atoms with Crippen molar-refractivity contribution < 1.29 is 9.90 Å². The van der Waals surface area contributed by atoms with E-state index in [2.05, 4.69) is 4.98 Å². The highest BCUT2D eigenvalue weighted by molar-refractivity contribution is 6.31. The van der Waals surface area contributed by atoms with Crippen LogP contribution in [0.15, 0.2) is 30.5 Å². The molecule has 0 bridgehead atoms. The SMILES string of the molecule is CC1CCCN(c2ccnc3cc(Cl)ccc23)C1C(=O)O. The highest BCUT2D eigenvalue weighted by Gasteiger charge is 2.34. The summed E-state index contributed by atoms with van der Waals surface area (Å²) in [6.07, 6.45) is 3.66. The minimum atomic E-state index is -0.763. The van der Waals surface area contributed by atoms with Crippen molar-refractivity contribution in [1.29, 1.82) is 0 Å². The van der Waals surface area contributed by atoms with E-state index in [9.17, 15) is 9.90 Å². The molecule has 2 atom stereocenters. The Kier molecular flexibility index (Phi) is 3.72. The highest BCUT2D eigenvalue weighted by Crippen LogP contribution is 2.33. The summed E-state index contributed by atoms with van der Waals surface area (Å²) in [5.41, 5.74) is 1.72. The largest absolute Gasteiger partial charge is 0.480 e. The quantitative estimate of drug-likeness (QED) is 0.921. The molecule has 3 rings (SSSR count). The molecular weight excluding hydrogens is 288 g/mol. The standard InChI is InChI=1S/C16H17ClN2O2/c1-10-3-2-8-19(15(10)16(20)21)14-6-7-18-13-9-11(17)4-5-12(13)14/h4-7,9-10,15H,2-3,8H2,1H3,(H,20,21). The number of nitrogens with zero attached hydrogens (tertiary/aromatic N) is 2. The summed E-state index contributed by atoms with van der Waals surface area (Å²) >= 11 is 6.01. The van der Waals surface area contributed by atoms with Gasteiger partial charge in [0.25, 0.3) is 0 Å². The molecule has 0 aliphatic carbocycles. The lowest BCUT2D eigenvalue weighted by atomic mass is 9.90. The number of anilines is 1. The highest BCUT2D eigenvalue weighted by atomic mass is 35.5. The summed E-state index contributed by atoms with van der Waals surface area (Å²) in [4.78, 5) is 18.0. The number of aromatic nitrogens is 1. The Bertz CT molecular complexity index is 689. The molecule has 0 radical (unpaired) electrons. The van der Waals surface area contributed by atoms with Crippen molar-refractivity contribution in [1.82, 2.24) is 4.98 Å². The van der Waals surface area contributed by atoms with Gasteiger partial charge in [-0.15, -0.1) is 0 Å². The van der Waals surface area contributed by atoms with Crippen molar-refractivity contribution in [2.45, 2.75) is 25.8 Å². The molecule has 1 aromatic carbocycles. The molecule has 1 aromatic heterocycles. The van der Waals surface area contributed by atoms with Gasteiger partial charge in [0.05, 0.1) is 5.52 Å².